The van der Waals surface area contributed by atoms with E-state index in [1.165, 1.54) is 0 Å². The van der Waals surface area contributed by atoms with E-state index in [0.29, 0.717) is 0 Å². The minimum absolute atomic E-state index is 0.565. The topological polar surface area (TPSA) is 53.1 Å². The molecular formula is C6H5F2NO2. The van der Waals surface area contributed by atoms with Crippen molar-refractivity contribution in [1.29, 1.82) is 0 Å². The van der Waals surface area contributed by atoms with Crippen LogP contribution in [-0.2, 0) is 0 Å². The zero-order valence-corrected chi connectivity index (χ0v) is 5.34. The lowest BCUT2D eigenvalue weighted by molar-refractivity contribution is 0.146. The summed E-state index contributed by atoms with van der Waals surface area (Å²) in [6, 6.07) is 1.82. The number of hydrogen-bond donors (Lipinski definition) is 2. The van der Waals surface area contributed by atoms with Gasteiger partial charge in [-0.15, -0.1) is 0 Å². The van der Waals surface area contributed by atoms with Crippen LogP contribution in [0, 0.1) is 0 Å². The monoisotopic (exact) mass is 161 g/mol. The Morgan fingerprint density at radius 1 is 1.45 bits per heavy atom. The zero-order chi connectivity index (χ0) is 8.43. The highest BCUT2D eigenvalue weighted by molar-refractivity contribution is 5.24. The van der Waals surface area contributed by atoms with Crippen LogP contribution < -0.4 is 5.56 Å². The molecule has 0 aliphatic carbocycles. The van der Waals surface area contributed by atoms with Crippen molar-refractivity contribution in [3.63, 3.8) is 0 Å². The fourth-order valence-corrected chi connectivity index (χ4v) is 0.651. The van der Waals surface area contributed by atoms with E-state index in [0.717, 1.165) is 12.1 Å². The predicted octanol–water partition coefficient (Wildman–Crippen LogP) is 1.02. The Kier molecular flexibility index (Phi) is 1.89. The molecule has 0 spiro atoms. The molecule has 0 radical (unpaired) electrons. The number of aromatic hydroxyl groups is 1. The summed E-state index contributed by atoms with van der Waals surface area (Å²) < 4.78 is 23.8. The van der Waals surface area contributed by atoms with Crippen molar-refractivity contribution in [3.05, 3.63) is 28.0 Å². The quantitative estimate of drug-likeness (QED) is 0.646. The van der Waals surface area contributed by atoms with Gasteiger partial charge in [-0.3, -0.25) is 9.78 Å². The third kappa shape index (κ3) is 1.54. The molecule has 1 heterocycles. The standard InChI is InChI=1S/C6H5F2NO2/c7-5(8)3-1-2-4(10)9-6(3)11/h1-2,5H,(H2,9,10,11). The number of rotatable bonds is 1. The lowest BCUT2D eigenvalue weighted by Crippen LogP contribution is -2.04. The van der Waals surface area contributed by atoms with Crippen LogP contribution in [-0.4, -0.2) is 10.1 Å². The number of pyridine rings is 1. The van der Waals surface area contributed by atoms with Gasteiger partial charge in [0.2, 0.25) is 0 Å². The largest absolute Gasteiger partial charge is 0.494 e. The average Bonchev–Trinajstić information content (AvgIpc) is 1.85. The van der Waals surface area contributed by atoms with Crippen molar-refractivity contribution in [1.82, 2.24) is 4.98 Å². The molecule has 1 rings (SSSR count). The summed E-state index contributed by atoms with van der Waals surface area (Å²) in [4.78, 5) is 12.2. The number of alkyl halides is 2. The molecule has 0 saturated carbocycles. The second-order valence-corrected chi connectivity index (χ2v) is 1.93. The minimum atomic E-state index is -2.77. The molecular weight excluding hydrogens is 156 g/mol. The van der Waals surface area contributed by atoms with Crippen LogP contribution in [0.15, 0.2) is 16.9 Å². The maximum absolute atomic E-state index is 11.9. The van der Waals surface area contributed by atoms with E-state index in [1.807, 2.05) is 4.98 Å². The van der Waals surface area contributed by atoms with Crippen molar-refractivity contribution < 1.29 is 13.9 Å². The molecule has 3 nitrogen and oxygen atoms in total. The molecule has 0 bridgehead atoms. The van der Waals surface area contributed by atoms with Gasteiger partial charge in [-0.1, -0.05) is 0 Å². The Morgan fingerprint density at radius 2 is 2.09 bits per heavy atom. The minimum Gasteiger partial charge on any atom is -0.494 e. The normalized spacial score (nSPS) is 10.5. The van der Waals surface area contributed by atoms with E-state index < -0.39 is 23.4 Å². The Bertz CT molecular complexity index is 308. The smallest absolute Gasteiger partial charge is 0.268 e. The van der Waals surface area contributed by atoms with Gasteiger partial charge in [0.05, 0.1) is 5.56 Å². The molecule has 11 heavy (non-hydrogen) atoms. The molecule has 0 aromatic carbocycles. The van der Waals surface area contributed by atoms with Crippen molar-refractivity contribution in [2.45, 2.75) is 6.43 Å². The van der Waals surface area contributed by atoms with Gasteiger partial charge in [0.25, 0.3) is 12.0 Å². The van der Waals surface area contributed by atoms with Gasteiger partial charge in [0.15, 0.2) is 5.88 Å². The second kappa shape index (κ2) is 2.69. The highest BCUT2D eigenvalue weighted by Crippen LogP contribution is 2.23. The highest BCUT2D eigenvalue weighted by atomic mass is 19.3. The number of H-pyrrole nitrogens is 1. The van der Waals surface area contributed by atoms with Crippen molar-refractivity contribution >= 4 is 0 Å². The number of hydrogen-bond acceptors (Lipinski definition) is 2. The van der Waals surface area contributed by atoms with Gasteiger partial charge >= 0.3 is 0 Å². The van der Waals surface area contributed by atoms with E-state index in [9.17, 15) is 13.6 Å². The van der Waals surface area contributed by atoms with E-state index in [-0.39, 0.29) is 0 Å². The molecule has 0 amide bonds. The molecule has 0 aliphatic heterocycles. The van der Waals surface area contributed by atoms with Crippen LogP contribution in [0.2, 0.25) is 0 Å². The molecule has 0 unspecified atom stereocenters. The maximum atomic E-state index is 11.9. The van der Waals surface area contributed by atoms with Crippen LogP contribution in [0.5, 0.6) is 5.88 Å². The Hall–Kier alpha value is -1.39. The number of aromatic amines is 1. The van der Waals surface area contributed by atoms with Gasteiger partial charge in [0.1, 0.15) is 0 Å². The first kappa shape index (κ1) is 7.71. The number of halogens is 2. The van der Waals surface area contributed by atoms with Crippen molar-refractivity contribution in [3.8, 4) is 5.88 Å². The van der Waals surface area contributed by atoms with Crippen LogP contribution in [0.3, 0.4) is 0 Å². The lowest BCUT2D eigenvalue weighted by Gasteiger charge is -1.99. The van der Waals surface area contributed by atoms with Crippen molar-refractivity contribution in [2.75, 3.05) is 0 Å². The molecule has 60 valence electrons. The van der Waals surface area contributed by atoms with E-state index >= 15 is 0 Å². The van der Waals surface area contributed by atoms with Gasteiger partial charge in [-0.05, 0) is 6.07 Å². The number of aromatic nitrogens is 1. The fourth-order valence-electron chi connectivity index (χ4n) is 0.651. The third-order valence-corrected chi connectivity index (χ3v) is 1.16. The van der Waals surface area contributed by atoms with Crippen LogP contribution in [0.1, 0.15) is 12.0 Å². The molecule has 1 aromatic rings. The van der Waals surface area contributed by atoms with Gasteiger partial charge in [0, 0.05) is 6.07 Å². The Balaban J connectivity index is 3.20. The first-order valence-corrected chi connectivity index (χ1v) is 2.81. The predicted molar refractivity (Wildman–Crippen MR) is 33.7 cm³/mol. The first-order valence-electron chi connectivity index (χ1n) is 2.81. The molecule has 0 saturated heterocycles. The van der Waals surface area contributed by atoms with Gasteiger partial charge < -0.3 is 5.11 Å². The maximum Gasteiger partial charge on any atom is 0.268 e. The second-order valence-electron chi connectivity index (χ2n) is 1.93. The fraction of sp³-hybridized carbons (Fsp3) is 0.167. The van der Waals surface area contributed by atoms with Crippen molar-refractivity contribution in [2.24, 2.45) is 0 Å². The summed E-state index contributed by atoms with van der Waals surface area (Å²) in [6.45, 7) is 0. The molecule has 0 aliphatic rings. The molecule has 2 N–H and O–H groups in total. The van der Waals surface area contributed by atoms with Crippen LogP contribution >= 0.6 is 0 Å². The first-order chi connectivity index (χ1) is 5.11. The summed E-state index contributed by atoms with van der Waals surface area (Å²) in [5.74, 6) is -0.771. The Morgan fingerprint density at radius 3 is 2.55 bits per heavy atom. The average molecular weight is 161 g/mol. The zero-order valence-electron chi connectivity index (χ0n) is 5.34. The molecule has 5 heteroatoms. The third-order valence-electron chi connectivity index (χ3n) is 1.16. The molecule has 1 aromatic heterocycles. The number of nitrogens with one attached hydrogen (secondary N) is 1. The highest BCUT2D eigenvalue weighted by Gasteiger charge is 2.11. The van der Waals surface area contributed by atoms with Crippen LogP contribution in [0.4, 0.5) is 8.78 Å². The summed E-state index contributed by atoms with van der Waals surface area (Å²) in [7, 11) is 0. The summed E-state index contributed by atoms with van der Waals surface area (Å²) in [5, 5.41) is 8.73. The summed E-state index contributed by atoms with van der Waals surface area (Å²) in [5.41, 5.74) is -1.17. The molecule has 0 atom stereocenters. The summed E-state index contributed by atoms with van der Waals surface area (Å²) >= 11 is 0. The lowest BCUT2D eigenvalue weighted by atomic mass is 10.3. The SMILES string of the molecule is O=c1ccc(C(F)F)c(O)[nH]1. The van der Waals surface area contributed by atoms with Gasteiger partial charge in [-0.25, -0.2) is 8.78 Å². The van der Waals surface area contributed by atoms with Crippen LogP contribution in [0.25, 0.3) is 0 Å². The van der Waals surface area contributed by atoms with E-state index in [1.54, 1.807) is 0 Å². The molecule has 0 fully saturated rings. The van der Waals surface area contributed by atoms with E-state index in [2.05, 4.69) is 0 Å². The Labute approximate surface area is 60.3 Å². The van der Waals surface area contributed by atoms with E-state index in [4.69, 9.17) is 5.11 Å². The van der Waals surface area contributed by atoms with Gasteiger partial charge in [-0.2, -0.15) is 0 Å². The summed E-state index contributed by atoms with van der Waals surface area (Å²) in [6.07, 6.45) is -2.77.